The first-order chi connectivity index (χ1) is 6.39. The lowest BCUT2D eigenvalue weighted by Crippen LogP contribution is -2.18. The van der Waals surface area contributed by atoms with Crippen molar-refractivity contribution in [1.82, 2.24) is 0 Å². The highest BCUT2D eigenvalue weighted by atomic mass is 35.5. The van der Waals surface area contributed by atoms with E-state index in [1.165, 1.54) is 24.3 Å². The lowest BCUT2D eigenvalue weighted by atomic mass is 10.4. The number of rotatable bonds is 1. The molecule has 0 bridgehead atoms. The minimum absolute atomic E-state index is 0.137. The summed E-state index contributed by atoms with van der Waals surface area (Å²) >= 11 is 5.66. The van der Waals surface area contributed by atoms with Gasteiger partial charge in [0.05, 0.1) is 0 Å². The molecule has 0 N–H and O–H groups in total. The maximum atomic E-state index is 11.8. The molecule has 0 atom stereocenters. The molecule has 0 saturated heterocycles. The maximum absolute atomic E-state index is 11.8. The number of benzene rings is 1. The van der Waals surface area contributed by atoms with Crippen LogP contribution >= 0.6 is 23.4 Å². The van der Waals surface area contributed by atoms with Crippen molar-refractivity contribution in [3.05, 3.63) is 29.3 Å². The van der Waals surface area contributed by atoms with Crippen LogP contribution in [0, 0.1) is 0 Å². The lowest BCUT2D eigenvalue weighted by Gasteiger charge is -2.03. The summed E-state index contributed by atoms with van der Waals surface area (Å²) in [7, 11) is 0. The molecular weight excluding hydrogens is 237 g/mol. The van der Waals surface area contributed by atoms with Gasteiger partial charge in [0.25, 0.3) is 5.12 Å². The normalized spacial score (nSPS) is 11.4. The van der Waals surface area contributed by atoms with Crippen LogP contribution in [0.2, 0.25) is 5.02 Å². The lowest BCUT2D eigenvalue weighted by molar-refractivity contribution is -0.160. The quantitative estimate of drug-likeness (QED) is 0.699. The molecule has 0 aliphatic rings. The molecule has 6 heteroatoms. The molecule has 0 fully saturated rings. The third kappa shape index (κ3) is 3.23. The van der Waals surface area contributed by atoms with E-state index < -0.39 is 11.3 Å². The van der Waals surface area contributed by atoms with Crippen LogP contribution in [0.15, 0.2) is 29.2 Å². The zero-order chi connectivity index (χ0) is 10.8. The van der Waals surface area contributed by atoms with E-state index in [9.17, 15) is 18.0 Å². The number of hydrogen-bond donors (Lipinski definition) is 0. The summed E-state index contributed by atoms with van der Waals surface area (Å²) in [6.45, 7) is 0. The van der Waals surface area contributed by atoms with E-state index >= 15 is 0 Å². The van der Waals surface area contributed by atoms with E-state index in [4.69, 9.17) is 11.6 Å². The molecule has 0 spiro atoms. The van der Waals surface area contributed by atoms with Gasteiger partial charge in [-0.2, -0.15) is 13.2 Å². The monoisotopic (exact) mass is 240 g/mol. The second-order valence-corrected chi connectivity index (χ2v) is 3.82. The smallest absolute Gasteiger partial charge is 0.276 e. The largest absolute Gasteiger partial charge is 0.461 e. The van der Waals surface area contributed by atoms with Gasteiger partial charge < -0.3 is 0 Å². The number of carbonyl (C=O) groups is 1. The van der Waals surface area contributed by atoms with Crippen molar-refractivity contribution >= 4 is 28.5 Å². The Morgan fingerprint density at radius 3 is 2.14 bits per heavy atom. The second-order valence-electron chi connectivity index (χ2n) is 2.34. The number of thioether (sulfide) groups is 1. The zero-order valence-electron chi connectivity index (χ0n) is 6.64. The van der Waals surface area contributed by atoms with Gasteiger partial charge in [0.15, 0.2) is 0 Å². The Kier molecular flexibility index (Phi) is 3.44. The fourth-order valence-electron chi connectivity index (χ4n) is 0.668. The first kappa shape index (κ1) is 11.4. The van der Waals surface area contributed by atoms with Gasteiger partial charge in [0.2, 0.25) is 0 Å². The summed E-state index contributed by atoms with van der Waals surface area (Å²) in [6, 6.07) is 5.56. The Balaban J connectivity index is 2.71. The van der Waals surface area contributed by atoms with Crippen LogP contribution in [0.3, 0.4) is 0 Å². The van der Waals surface area contributed by atoms with Gasteiger partial charge in [-0.3, -0.25) is 4.79 Å². The Morgan fingerprint density at radius 1 is 1.21 bits per heavy atom. The van der Waals surface area contributed by atoms with Gasteiger partial charge in [-0.15, -0.1) is 0 Å². The topological polar surface area (TPSA) is 17.1 Å². The Morgan fingerprint density at radius 2 is 1.71 bits per heavy atom. The summed E-state index contributed by atoms with van der Waals surface area (Å²) in [6.07, 6.45) is -4.80. The van der Waals surface area contributed by atoms with E-state index in [1.807, 2.05) is 0 Å². The van der Waals surface area contributed by atoms with E-state index in [2.05, 4.69) is 0 Å². The van der Waals surface area contributed by atoms with Gasteiger partial charge in [0, 0.05) is 9.92 Å². The number of hydrogen-bond acceptors (Lipinski definition) is 2. The first-order valence-electron chi connectivity index (χ1n) is 3.44. The summed E-state index contributed by atoms with van der Waals surface area (Å²) in [5.74, 6) is 0. The predicted molar refractivity (Wildman–Crippen MR) is 48.4 cm³/mol. The van der Waals surface area contributed by atoms with Crippen molar-refractivity contribution in [3.63, 3.8) is 0 Å². The Labute approximate surface area is 87.2 Å². The zero-order valence-corrected chi connectivity index (χ0v) is 8.21. The molecule has 14 heavy (non-hydrogen) atoms. The fourth-order valence-corrected chi connectivity index (χ4v) is 1.40. The molecule has 1 nitrogen and oxygen atoms in total. The second kappa shape index (κ2) is 4.23. The van der Waals surface area contributed by atoms with Crippen molar-refractivity contribution in [2.45, 2.75) is 11.1 Å². The standard InChI is InChI=1S/C8H4ClF3OS/c9-5-1-3-6(4-2-5)14-7(13)8(10,11)12/h1-4H. The SMILES string of the molecule is O=C(Sc1ccc(Cl)cc1)C(F)(F)F. The molecule has 0 radical (unpaired) electrons. The van der Waals surface area contributed by atoms with Crippen molar-refractivity contribution in [2.75, 3.05) is 0 Å². The Bertz CT molecular complexity index is 333. The molecule has 1 aromatic carbocycles. The van der Waals surface area contributed by atoms with Gasteiger partial charge >= 0.3 is 6.18 Å². The highest BCUT2D eigenvalue weighted by molar-refractivity contribution is 8.13. The van der Waals surface area contributed by atoms with Gasteiger partial charge in [0.1, 0.15) is 0 Å². The molecule has 76 valence electrons. The molecule has 0 aliphatic heterocycles. The Hall–Kier alpha value is -0.680. The number of carbonyl (C=O) groups excluding carboxylic acids is 1. The van der Waals surface area contributed by atoms with Crippen LogP contribution in [-0.2, 0) is 4.79 Å². The minimum Gasteiger partial charge on any atom is -0.276 e. The van der Waals surface area contributed by atoms with Gasteiger partial charge in [-0.1, -0.05) is 11.6 Å². The van der Waals surface area contributed by atoms with E-state index in [1.54, 1.807) is 0 Å². The van der Waals surface area contributed by atoms with Gasteiger partial charge in [-0.05, 0) is 36.0 Å². The average Bonchev–Trinajstić information content (AvgIpc) is 2.07. The predicted octanol–water partition coefficient (Wildman–Crippen LogP) is 3.52. The van der Waals surface area contributed by atoms with Crippen molar-refractivity contribution in [2.24, 2.45) is 0 Å². The number of alkyl halides is 3. The molecule has 0 saturated carbocycles. The van der Waals surface area contributed by atoms with E-state index in [-0.39, 0.29) is 16.7 Å². The third-order valence-electron chi connectivity index (χ3n) is 1.26. The van der Waals surface area contributed by atoms with Crippen LogP contribution in [0.4, 0.5) is 13.2 Å². The molecule has 0 amide bonds. The molecular formula is C8H4ClF3OS. The van der Waals surface area contributed by atoms with Crippen LogP contribution in [0.1, 0.15) is 0 Å². The van der Waals surface area contributed by atoms with Crippen LogP contribution < -0.4 is 0 Å². The summed E-state index contributed by atoms with van der Waals surface area (Å²) in [5, 5.41) is -1.42. The molecule has 0 heterocycles. The van der Waals surface area contributed by atoms with Crippen LogP contribution in [0.25, 0.3) is 0 Å². The van der Waals surface area contributed by atoms with E-state index in [0.717, 1.165) is 0 Å². The van der Waals surface area contributed by atoms with Crippen LogP contribution in [-0.4, -0.2) is 11.3 Å². The van der Waals surface area contributed by atoms with Crippen molar-refractivity contribution in [1.29, 1.82) is 0 Å². The number of halogens is 4. The molecule has 1 rings (SSSR count). The molecule has 0 unspecified atom stereocenters. The highest BCUT2D eigenvalue weighted by Gasteiger charge is 2.38. The first-order valence-corrected chi connectivity index (χ1v) is 4.63. The molecule has 0 aliphatic carbocycles. The van der Waals surface area contributed by atoms with Gasteiger partial charge in [-0.25, -0.2) is 0 Å². The van der Waals surface area contributed by atoms with E-state index in [0.29, 0.717) is 5.02 Å². The summed E-state index contributed by atoms with van der Waals surface area (Å²) in [5.41, 5.74) is 0. The van der Waals surface area contributed by atoms with Crippen LogP contribution in [0.5, 0.6) is 0 Å². The van der Waals surface area contributed by atoms with Crippen molar-refractivity contribution in [3.8, 4) is 0 Å². The average molecular weight is 241 g/mol. The minimum atomic E-state index is -4.80. The maximum Gasteiger partial charge on any atom is 0.461 e. The molecule has 1 aromatic rings. The van der Waals surface area contributed by atoms with Crippen molar-refractivity contribution < 1.29 is 18.0 Å². The summed E-state index contributed by atoms with van der Waals surface area (Å²) in [4.78, 5) is 10.7. The molecule has 0 aromatic heterocycles. The summed E-state index contributed by atoms with van der Waals surface area (Å²) < 4.78 is 35.5. The third-order valence-corrected chi connectivity index (χ3v) is 2.43. The fraction of sp³-hybridized carbons (Fsp3) is 0.125. The highest BCUT2D eigenvalue weighted by Crippen LogP contribution is 2.29.